The van der Waals surface area contributed by atoms with Gasteiger partial charge in [0.15, 0.2) is 0 Å². The van der Waals surface area contributed by atoms with E-state index < -0.39 is 0 Å². The van der Waals surface area contributed by atoms with Crippen LogP contribution in [0, 0.1) is 5.41 Å². The Hall–Kier alpha value is -1.92. The minimum Gasteiger partial charge on any atom is -0.339 e. The molecule has 0 spiro atoms. The molecule has 2 atom stereocenters. The Bertz CT molecular complexity index is 644. The fraction of sp³-hybridized carbons (Fsp3) is 0.600. The number of hydrogen-bond acceptors (Lipinski definition) is 4. The van der Waals surface area contributed by atoms with Crippen molar-refractivity contribution in [2.24, 2.45) is 11.1 Å². The van der Waals surface area contributed by atoms with Crippen LogP contribution in [-0.4, -0.2) is 60.4 Å². The predicted octanol–water partition coefficient (Wildman–Crippen LogP) is 2.17. The molecule has 0 aromatic heterocycles. The Morgan fingerprint density at radius 1 is 1.35 bits per heavy atom. The summed E-state index contributed by atoms with van der Waals surface area (Å²) in [5.74, 6) is -0.0730. The molecule has 1 aromatic carbocycles. The van der Waals surface area contributed by atoms with E-state index in [4.69, 9.17) is 5.73 Å². The summed E-state index contributed by atoms with van der Waals surface area (Å²) in [6.07, 6.45) is 1.01. The highest BCUT2D eigenvalue weighted by Gasteiger charge is 2.36. The zero-order valence-corrected chi connectivity index (χ0v) is 16.4. The second kappa shape index (κ2) is 8.64. The lowest BCUT2D eigenvalue weighted by molar-refractivity contribution is -0.120. The summed E-state index contributed by atoms with van der Waals surface area (Å²) in [5, 5.41) is 2.95. The molecule has 1 fully saturated rings. The predicted molar refractivity (Wildman–Crippen MR) is 105 cm³/mol. The average molecular weight is 361 g/mol. The minimum absolute atomic E-state index is 0.0163. The number of benzene rings is 1. The van der Waals surface area contributed by atoms with E-state index in [2.05, 4.69) is 17.1 Å². The zero-order valence-electron chi connectivity index (χ0n) is 16.4. The van der Waals surface area contributed by atoms with Crippen molar-refractivity contribution in [1.82, 2.24) is 9.80 Å². The van der Waals surface area contributed by atoms with Crippen molar-refractivity contribution in [3.8, 4) is 0 Å². The number of rotatable bonds is 7. The summed E-state index contributed by atoms with van der Waals surface area (Å²) in [6.45, 7) is 11.7. The molecule has 6 heteroatoms. The molecule has 0 aliphatic carbocycles. The minimum atomic E-state index is -0.231. The molecule has 1 aliphatic rings. The maximum Gasteiger partial charge on any atom is 0.253 e. The molecule has 3 N–H and O–H groups in total. The van der Waals surface area contributed by atoms with Crippen LogP contribution in [0.4, 0.5) is 5.69 Å². The van der Waals surface area contributed by atoms with Gasteiger partial charge >= 0.3 is 0 Å². The van der Waals surface area contributed by atoms with Gasteiger partial charge in [0.25, 0.3) is 5.91 Å². The van der Waals surface area contributed by atoms with Crippen LogP contribution in [0.15, 0.2) is 24.3 Å². The molecule has 1 heterocycles. The van der Waals surface area contributed by atoms with Crippen molar-refractivity contribution < 1.29 is 9.59 Å². The summed E-state index contributed by atoms with van der Waals surface area (Å²) < 4.78 is 0. The van der Waals surface area contributed by atoms with Gasteiger partial charge in [-0.2, -0.15) is 0 Å². The number of hydrogen-bond donors (Lipinski definition) is 2. The standard InChI is InChI=1S/C20H32N4O2/c1-5-23(6-2)19(26)16-8-7-9-17(12-16)22-18(25)15(3)24-11-10-20(4,13-21)14-24/h7-9,12,15H,5-6,10-11,13-14,21H2,1-4H3,(H,22,25). The monoisotopic (exact) mass is 360 g/mol. The van der Waals surface area contributed by atoms with E-state index in [1.54, 1.807) is 23.1 Å². The zero-order chi connectivity index (χ0) is 19.3. The molecule has 6 nitrogen and oxygen atoms in total. The van der Waals surface area contributed by atoms with E-state index in [0.29, 0.717) is 30.9 Å². The topological polar surface area (TPSA) is 78.7 Å². The van der Waals surface area contributed by atoms with Gasteiger partial charge in [-0.15, -0.1) is 0 Å². The first kappa shape index (κ1) is 20.4. The van der Waals surface area contributed by atoms with Gasteiger partial charge in [0.2, 0.25) is 5.91 Å². The second-order valence-corrected chi connectivity index (χ2v) is 7.46. The largest absolute Gasteiger partial charge is 0.339 e. The lowest BCUT2D eigenvalue weighted by atomic mass is 9.90. The summed E-state index contributed by atoms with van der Waals surface area (Å²) in [6, 6.07) is 6.92. The number of carbonyl (C=O) groups is 2. The summed E-state index contributed by atoms with van der Waals surface area (Å²) in [5.41, 5.74) is 7.19. The van der Waals surface area contributed by atoms with E-state index in [1.165, 1.54) is 0 Å². The fourth-order valence-corrected chi connectivity index (χ4v) is 3.40. The highest BCUT2D eigenvalue weighted by atomic mass is 16.2. The van der Waals surface area contributed by atoms with Crippen LogP contribution < -0.4 is 11.1 Å². The van der Waals surface area contributed by atoms with Gasteiger partial charge in [-0.3, -0.25) is 14.5 Å². The molecule has 1 aliphatic heterocycles. The van der Waals surface area contributed by atoms with Crippen LogP contribution in [-0.2, 0) is 4.79 Å². The fourth-order valence-electron chi connectivity index (χ4n) is 3.40. The molecular formula is C20H32N4O2. The van der Waals surface area contributed by atoms with E-state index in [0.717, 1.165) is 19.5 Å². The maximum absolute atomic E-state index is 12.6. The molecular weight excluding hydrogens is 328 g/mol. The number of nitrogens with zero attached hydrogens (tertiary/aromatic N) is 2. The van der Waals surface area contributed by atoms with Gasteiger partial charge in [0, 0.05) is 30.9 Å². The van der Waals surface area contributed by atoms with Crippen LogP contribution in [0.25, 0.3) is 0 Å². The number of amides is 2. The van der Waals surface area contributed by atoms with Crippen LogP contribution >= 0.6 is 0 Å². The molecule has 0 bridgehead atoms. The Labute approximate surface area is 156 Å². The van der Waals surface area contributed by atoms with Gasteiger partial charge < -0.3 is 16.0 Å². The van der Waals surface area contributed by atoms with Gasteiger partial charge in [-0.1, -0.05) is 13.0 Å². The lowest BCUT2D eigenvalue weighted by Crippen LogP contribution is -2.42. The van der Waals surface area contributed by atoms with Crippen molar-refractivity contribution in [3.05, 3.63) is 29.8 Å². The van der Waals surface area contributed by atoms with E-state index in [-0.39, 0.29) is 23.3 Å². The molecule has 26 heavy (non-hydrogen) atoms. The third kappa shape index (κ3) is 4.62. The number of nitrogens with one attached hydrogen (secondary N) is 1. The lowest BCUT2D eigenvalue weighted by Gasteiger charge is -2.26. The molecule has 2 unspecified atom stereocenters. The molecule has 2 rings (SSSR count). The molecule has 2 amide bonds. The van der Waals surface area contributed by atoms with Gasteiger partial charge in [-0.05, 0) is 63.9 Å². The van der Waals surface area contributed by atoms with Crippen LogP contribution in [0.2, 0.25) is 0 Å². The summed E-state index contributed by atoms with van der Waals surface area (Å²) in [7, 11) is 0. The Balaban J connectivity index is 2.03. The Morgan fingerprint density at radius 2 is 2.04 bits per heavy atom. The highest BCUT2D eigenvalue weighted by Crippen LogP contribution is 2.30. The van der Waals surface area contributed by atoms with Crippen molar-refractivity contribution in [2.75, 3.05) is 38.0 Å². The first-order chi connectivity index (χ1) is 12.3. The molecule has 1 aromatic rings. The summed E-state index contributed by atoms with van der Waals surface area (Å²) in [4.78, 5) is 29.1. The first-order valence-corrected chi connectivity index (χ1v) is 9.48. The number of likely N-dealkylation sites (tertiary alicyclic amines) is 1. The van der Waals surface area contributed by atoms with Crippen molar-refractivity contribution in [3.63, 3.8) is 0 Å². The van der Waals surface area contributed by atoms with E-state index >= 15 is 0 Å². The SMILES string of the molecule is CCN(CC)C(=O)c1cccc(NC(=O)C(C)N2CCC(C)(CN)C2)c1. The quantitative estimate of drug-likeness (QED) is 0.781. The molecule has 144 valence electrons. The molecule has 1 saturated heterocycles. The Kier molecular flexibility index (Phi) is 6.78. The van der Waals surface area contributed by atoms with Crippen LogP contribution in [0.1, 0.15) is 44.5 Å². The average Bonchev–Trinajstić information content (AvgIpc) is 3.05. The van der Waals surface area contributed by atoms with Gasteiger partial charge in [-0.25, -0.2) is 0 Å². The smallest absolute Gasteiger partial charge is 0.253 e. The first-order valence-electron chi connectivity index (χ1n) is 9.48. The highest BCUT2D eigenvalue weighted by molar-refractivity contribution is 5.98. The third-order valence-corrected chi connectivity index (χ3v) is 5.44. The number of anilines is 1. The second-order valence-electron chi connectivity index (χ2n) is 7.46. The number of nitrogens with two attached hydrogens (primary N) is 1. The van der Waals surface area contributed by atoms with Gasteiger partial charge in [0.1, 0.15) is 0 Å². The van der Waals surface area contributed by atoms with Crippen LogP contribution in [0.5, 0.6) is 0 Å². The molecule has 0 saturated carbocycles. The summed E-state index contributed by atoms with van der Waals surface area (Å²) >= 11 is 0. The van der Waals surface area contributed by atoms with Gasteiger partial charge in [0.05, 0.1) is 6.04 Å². The van der Waals surface area contributed by atoms with E-state index in [9.17, 15) is 9.59 Å². The third-order valence-electron chi connectivity index (χ3n) is 5.44. The van der Waals surface area contributed by atoms with Crippen molar-refractivity contribution in [2.45, 2.75) is 40.2 Å². The maximum atomic E-state index is 12.6. The van der Waals surface area contributed by atoms with Crippen molar-refractivity contribution in [1.29, 1.82) is 0 Å². The normalized spacial score (nSPS) is 21.4. The van der Waals surface area contributed by atoms with Crippen molar-refractivity contribution >= 4 is 17.5 Å². The number of carbonyl (C=O) groups excluding carboxylic acids is 2. The Morgan fingerprint density at radius 3 is 2.62 bits per heavy atom. The molecule has 0 radical (unpaired) electrons. The van der Waals surface area contributed by atoms with E-state index in [1.807, 2.05) is 26.8 Å². The van der Waals surface area contributed by atoms with Crippen LogP contribution in [0.3, 0.4) is 0 Å².